The molecule has 1 aliphatic rings. The van der Waals surface area contributed by atoms with E-state index < -0.39 is 11.5 Å². The van der Waals surface area contributed by atoms with Crippen LogP contribution >= 0.6 is 0 Å². The first kappa shape index (κ1) is 26.8. The molecule has 1 aliphatic heterocycles. The van der Waals surface area contributed by atoms with Gasteiger partial charge in [0.1, 0.15) is 12.2 Å². The Hall–Kier alpha value is -4.28. The second kappa shape index (κ2) is 11.4. The third kappa shape index (κ3) is 5.09. The zero-order chi connectivity index (χ0) is 27.3. The number of likely N-dealkylation sites (N-methyl/N-ethyl adjacent to an activating group) is 1. The first-order chi connectivity index (χ1) is 18.3. The number of hydrogen-bond acceptors (Lipinski definition) is 9. The van der Waals surface area contributed by atoms with Gasteiger partial charge >= 0.3 is 0 Å². The third-order valence-electron chi connectivity index (χ3n) is 6.44. The lowest BCUT2D eigenvalue weighted by molar-refractivity contribution is 0.0971. The topological polar surface area (TPSA) is 115 Å². The van der Waals surface area contributed by atoms with Crippen LogP contribution in [0.5, 0.6) is 5.88 Å². The van der Waals surface area contributed by atoms with Crippen LogP contribution in [0.1, 0.15) is 41.2 Å². The number of ether oxygens (including phenoxy) is 1. The molecule has 1 unspecified atom stereocenters. The highest BCUT2D eigenvalue weighted by atomic mass is 16.5. The first-order valence-electron chi connectivity index (χ1n) is 12.4. The van der Waals surface area contributed by atoms with Crippen molar-refractivity contribution in [3.63, 3.8) is 0 Å². The summed E-state index contributed by atoms with van der Waals surface area (Å²) in [4.78, 5) is 28.5. The smallest absolute Gasteiger partial charge is 0.263 e. The Morgan fingerprint density at radius 1 is 1.24 bits per heavy atom. The molecule has 0 radical (unpaired) electrons. The minimum absolute atomic E-state index is 0.180. The summed E-state index contributed by atoms with van der Waals surface area (Å²) in [6.07, 6.45) is 1.63. The molecule has 10 heteroatoms. The molecule has 4 rings (SSSR count). The van der Waals surface area contributed by atoms with Crippen LogP contribution in [-0.2, 0) is 5.60 Å². The molecule has 10 nitrogen and oxygen atoms in total. The van der Waals surface area contributed by atoms with Gasteiger partial charge in [-0.3, -0.25) is 20.5 Å². The van der Waals surface area contributed by atoms with Gasteiger partial charge in [-0.1, -0.05) is 49.9 Å². The van der Waals surface area contributed by atoms with E-state index in [2.05, 4.69) is 32.3 Å². The van der Waals surface area contributed by atoms with Gasteiger partial charge in [0.15, 0.2) is 5.60 Å². The van der Waals surface area contributed by atoms with E-state index >= 15 is 0 Å². The van der Waals surface area contributed by atoms with Crippen molar-refractivity contribution >= 4 is 17.6 Å². The number of amides is 1. The fraction of sp³-hybridized carbons (Fsp3) is 0.286. The summed E-state index contributed by atoms with van der Waals surface area (Å²) >= 11 is 0. The molecule has 0 saturated heterocycles. The second-order valence-electron chi connectivity index (χ2n) is 8.70. The van der Waals surface area contributed by atoms with Crippen molar-refractivity contribution in [1.29, 1.82) is 0 Å². The number of rotatable bonds is 9. The number of carbonyl (C=O) groups is 1. The summed E-state index contributed by atoms with van der Waals surface area (Å²) in [6, 6.07) is 16.3. The van der Waals surface area contributed by atoms with E-state index in [0.717, 1.165) is 6.54 Å². The predicted molar refractivity (Wildman–Crippen MR) is 147 cm³/mol. The predicted octanol–water partition coefficient (Wildman–Crippen LogP) is 2.95. The Kier molecular flexibility index (Phi) is 8.04. The van der Waals surface area contributed by atoms with Crippen molar-refractivity contribution in [3.05, 3.63) is 95.6 Å². The molecule has 198 valence electrons. The van der Waals surface area contributed by atoms with Crippen molar-refractivity contribution in [2.75, 3.05) is 31.8 Å². The van der Waals surface area contributed by atoms with Crippen molar-refractivity contribution in [1.82, 2.24) is 25.7 Å². The van der Waals surface area contributed by atoms with Gasteiger partial charge in [0, 0.05) is 19.3 Å². The number of anilines is 1. The fourth-order valence-corrected chi connectivity index (χ4v) is 4.38. The van der Waals surface area contributed by atoms with E-state index in [9.17, 15) is 9.90 Å². The summed E-state index contributed by atoms with van der Waals surface area (Å²) in [5.41, 5.74) is 4.24. The SMILES string of the molecule is C=C(N(CC)c1cc(C(=O)NC2=NCN(CC)N2)c(OC)nc1C)C(O)(c1ccccc1)c1ccccn1. The summed E-state index contributed by atoms with van der Waals surface area (Å²) in [7, 11) is 1.47. The van der Waals surface area contributed by atoms with Crippen LogP contribution in [-0.4, -0.2) is 58.8 Å². The van der Waals surface area contributed by atoms with Crippen LogP contribution in [0, 0.1) is 6.92 Å². The number of pyridine rings is 2. The number of nitrogens with zero attached hydrogens (tertiary/aromatic N) is 5. The van der Waals surface area contributed by atoms with Crippen molar-refractivity contribution < 1.29 is 14.6 Å². The number of aliphatic hydroxyl groups is 1. The molecule has 2 aromatic heterocycles. The van der Waals surface area contributed by atoms with Crippen LogP contribution in [0.3, 0.4) is 0 Å². The van der Waals surface area contributed by atoms with Gasteiger partial charge in [-0.2, -0.15) is 5.01 Å². The molecule has 1 amide bonds. The Labute approximate surface area is 222 Å². The molecule has 0 bridgehead atoms. The van der Waals surface area contributed by atoms with Crippen LogP contribution in [0.4, 0.5) is 5.69 Å². The molecule has 3 heterocycles. The number of carbonyl (C=O) groups excluding carboxylic acids is 1. The molecule has 0 spiro atoms. The fourth-order valence-electron chi connectivity index (χ4n) is 4.38. The Balaban J connectivity index is 1.75. The molecule has 0 fully saturated rings. The Bertz CT molecular complexity index is 1290. The van der Waals surface area contributed by atoms with E-state index in [1.807, 2.05) is 67.1 Å². The lowest BCUT2D eigenvalue weighted by Crippen LogP contribution is -2.44. The highest BCUT2D eigenvalue weighted by Gasteiger charge is 2.39. The lowest BCUT2D eigenvalue weighted by atomic mass is 9.86. The van der Waals surface area contributed by atoms with E-state index in [-0.39, 0.29) is 11.4 Å². The molecular formula is C28H33N7O3. The maximum atomic E-state index is 13.3. The number of benzene rings is 1. The molecule has 1 aromatic carbocycles. The second-order valence-corrected chi connectivity index (χ2v) is 8.70. The molecule has 38 heavy (non-hydrogen) atoms. The van der Waals surface area contributed by atoms with Gasteiger partial charge in [0.2, 0.25) is 11.8 Å². The number of aryl methyl sites for hydroxylation is 1. The molecule has 3 N–H and O–H groups in total. The van der Waals surface area contributed by atoms with Crippen molar-refractivity contribution in [3.8, 4) is 5.88 Å². The monoisotopic (exact) mass is 515 g/mol. The zero-order valence-corrected chi connectivity index (χ0v) is 22.1. The van der Waals surface area contributed by atoms with Crippen molar-refractivity contribution in [2.24, 2.45) is 4.99 Å². The molecular weight excluding hydrogens is 482 g/mol. The van der Waals surface area contributed by atoms with Crippen LogP contribution in [0.2, 0.25) is 0 Å². The number of guanidine groups is 1. The van der Waals surface area contributed by atoms with E-state index in [4.69, 9.17) is 4.74 Å². The quantitative estimate of drug-likeness (QED) is 0.399. The van der Waals surface area contributed by atoms with E-state index in [1.165, 1.54) is 7.11 Å². The van der Waals surface area contributed by atoms with Gasteiger partial charge in [0.25, 0.3) is 5.91 Å². The van der Waals surface area contributed by atoms with Crippen LogP contribution < -0.4 is 20.4 Å². The maximum absolute atomic E-state index is 13.3. The van der Waals surface area contributed by atoms with Gasteiger partial charge in [0.05, 0.1) is 29.9 Å². The molecule has 0 saturated carbocycles. The summed E-state index contributed by atoms with van der Waals surface area (Å²) in [5, 5.41) is 16.9. The summed E-state index contributed by atoms with van der Waals surface area (Å²) < 4.78 is 5.45. The average molecular weight is 516 g/mol. The lowest BCUT2D eigenvalue weighted by Gasteiger charge is -2.38. The highest BCUT2D eigenvalue weighted by molar-refractivity contribution is 6.07. The highest BCUT2D eigenvalue weighted by Crippen LogP contribution is 2.39. The van der Waals surface area contributed by atoms with Gasteiger partial charge in [-0.15, -0.1) is 0 Å². The number of aromatic nitrogens is 2. The minimum atomic E-state index is -1.64. The normalized spacial score (nSPS) is 14.7. The number of nitrogens with one attached hydrogen (secondary N) is 2. The number of aliphatic imine (C=N–C) groups is 1. The van der Waals surface area contributed by atoms with Crippen LogP contribution in [0.15, 0.2) is 78.1 Å². The molecule has 0 aliphatic carbocycles. The third-order valence-corrected chi connectivity index (χ3v) is 6.44. The maximum Gasteiger partial charge on any atom is 0.263 e. The zero-order valence-electron chi connectivity index (χ0n) is 22.1. The van der Waals surface area contributed by atoms with Gasteiger partial charge in [-0.25, -0.2) is 9.98 Å². The van der Waals surface area contributed by atoms with E-state index in [1.54, 1.807) is 24.4 Å². The Morgan fingerprint density at radius 2 is 1.97 bits per heavy atom. The number of methoxy groups -OCH3 is 1. The first-order valence-corrected chi connectivity index (χ1v) is 12.4. The van der Waals surface area contributed by atoms with Gasteiger partial charge in [-0.05, 0) is 37.6 Å². The standard InChI is InChI=1S/C28H33N7O3/c1-6-34-18-30-27(33-34)32-25(36)22-17-23(19(3)31-26(22)38-5)35(7-2)20(4)28(37,21-13-9-8-10-14-21)24-15-11-12-16-29-24/h8-17,37H,4,6-7,18H2,1-3,5H3,(H2,30,32,33,36). The summed E-state index contributed by atoms with van der Waals surface area (Å²) in [6.45, 7) is 11.7. The largest absolute Gasteiger partial charge is 0.480 e. The van der Waals surface area contributed by atoms with Gasteiger partial charge < -0.3 is 14.7 Å². The van der Waals surface area contributed by atoms with Crippen LogP contribution in [0.25, 0.3) is 0 Å². The molecule has 1 atom stereocenters. The number of hydrazine groups is 1. The molecule has 3 aromatic rings. The van der Waals surface area contributed by atoms with Crippen molar-refractivity contribution in [2.45, 2.75) is 26.4 Å². The van der Waals surface area contributed by atoms with E-state index in [0.29, 0.717) is 47.5 Å². The minimum Gasteiger partial charge on any atom is -0.480 e. The Morgan fingerprint density at radius 3 is 2.58 bits per heavy atom. The summed E-state index contributed by atoms with van der Waals surface area (Å²) in [5.74, 6) is 0.107. The average Bonchev–Trinajstić information content (AvgIpc) is 3.41. The number of hydrogen-bond donors (Lipinski definition) is 3.